The average molecular weight is 360 g/mol. The van der Waals surface area contributed by atoms with Crippen molar-refractivity contribution in [3.63, 3.8) is 0 Å². The molecule has 5 heteroatoms. The van der Waals surface area contributed by atoms with Crippen molar-refractivity contribution in [3.8, 4) is 0 Å². The van der Waals surface area contributed by atoms with Crippen LogP contribution in [-0.2, 0) is 16.1 Å². The molecule has 0 N–H and O–H groups in total. The van der Waals surface area contributed by atoms with Gasteiger partial charge in [-0.05, 0) is 32.4 Å². The molecule has 0 aliphatic carbocycles. The van der Waals surface area contributed by atoms with Gasteiger partial charge in [-0.25, -0.2) is 0 Å². The number of likely N-dealkylation sites (N-methyl/N-ethyl adjacent to an activating group) is 1. The topological polar surface area (TPSA) is 49.9 Å². The van der Waals surface area contributed by atoms with Crippen molar-refractivity contribution in [2.24, 2.45) is 0 Å². The van der Waals surface area contributed by atoms with E-state index < -0.39 is 0 Å². The summed E-state index contributed by atoms with van der Waals surface area (Å²) in [5, 5.41) is 0. The first-order valence-corrected chi connectivity index (χ1v) is 9.77. The first-order chi connectivity index (χ1) is 12.6. The number of rotatable bonds is 10. The zero-order chi connectivity index (χ0) is 18.8. The normalized spacial score (nSPS) is 15.8. The number of piperazine rings is 1. The highest BCUT2D eigenvalue weighted by atomic mass is 16.5. The van der Waals surface area contributed by atoms with Gasteiger partial charge >= 0.3 is 5.97 Å². The number of hydrogen-bond acceptors (Lipinski definition) is 5. The lowest BCUT2D eigenvalue weighted by atomic mass is 9.98. The summed E-state index contributed by atoms with van der Waals surface area (Å²) < 4.78 is 4.92. The highest BCUT2D eigenvalue weighted by molar-refractivity contribution is 5.97. The molecule has 5 nitrogen and oxygen atoms in total. The van der Waals surface area contributed by atoms with E-state index in [-0.39, 0.29) is 11.8 Å². The van der Waals surface area contributed by atoms with E-state index in [0.29, 0.717) is 19.4 Å². The molecule has 0 unspecified atom stereocenters. The lowest BCUT2D eigenvalue weighted by Gasteiger charge is -2.32. The molecule has 1 fully saturated rings. The maximum absolute atomic E-state index is 12.6. The van der Waals surface area contributed by atoms with Gasteiger partial charge in [0.2, 0.25) is 0 Å². The van der Waals surface area contributed by atoms with Crippen LogP contribution in [0.25, 0.3) is 0 Å². The summed E-state index contributed by atoms with van der Waals surface area (Å²) in [6.45, 7) is 7.35. The Morgan fingerprint density at radius 1 is 1.00 bits per heavy atom. The maximum atomic E-state index is 12.6. The highest BCUT2D eigenvalue weighted by Gasteiger charge is 2.17. The van der Waals surface area contributed by atoms with Gasteiger partial charge in [0.25, 0.3) is 0 Å². The lowest BCUT2D eigenvalue weighted by molar-refractivity contribution is -0.143. The van der Waals surface area contributed by atoms with Gasteiger partial charge in [0, 0.05) is 51.1 Å². The number of Topliss-reactive ketones (excluding diaryl/α,β-unsaturated/α-hetero) is 1. The molecule has 1 saturated heterocycles. The number of carbonyl (C=O) groups is 2. The summed E-state index contributed by atoms with van der Waals surface area (Å²) in [5.41, 5.74) is 1.99. The van der Waals surface area contributed by atoms with Crippen LogP contribution in [-0.4, -0.2) is 61.4 Å². The molecular weight excluding hydrogens is 328 g/mol. The minimum absolute atomic E-state index is 0.142. The van der Waals surface area contributed by atoms with Crippen LogP contribution in [0.15, 0.2) is 24.3 Å². The van der Waals surface area contributed by atoms with Crippen molar-refractivity contribution in [3.05, 3.63) is 35.4 Å². The minimum atomic E-state index is -0.142. The van der Waals surface area contributed by atoms with E-state index in [9.17, 15) is 9.59 Å². The van der Waals surface area contributed by atoms with Gasteiger partial charge in [-0.2, -0.15) is 0 Å². The van der Waals surface area contributed by atoms with Crippen molar-refractivity contribution in [2.45, 2.75) is 45.6 Å². The smallest absolute Gasteiger partial charge is 0.305 e. The van der Waals surface area contributed by atoms with E-state index in [1.54, 1.807) is 0 Å². The summed E-state index contributed by atoms with van der Waals surface area (Å²) in [7, 11) is 2.15. The Morgan fingerprint density at radius 3 is 2.42 bits per heavy atom. The fourth-order valence-electron chi connectivity index (χ4n) is 3.28. The Morgan fingerprint density at radius 2 is 1.69 bits per heavy atom. The number of benzene rings is 1. The van der Waals surface area contributed by atoms with E-state index in [0.717, 1.165) is 63.1 Å². The summed E-state index contributed by atoms with van der Waals surface area (Å²) in [6.07, 6.45) is 3.48. The van der Waals surface area contributed by atoms with Crippen LogP contribution in [0, 0.1) is 0 Å². The SMILES string of the molecule is CCOC(=O)CCCCCC(=O)c1ccccc1CN1CCN(C)CC1. The lowest BCUT2D eigenvalue weighted by Crippen LogP contribution is -2.44. The summed E-state index contributed by atoms with van der Waals surface area (Å²) >= 11 is 0. The molecule has 0 radical (unpaired) electrons. The average Bonchev–Trinajstić information content (AvgIpc) is 2.64. The number of nitrogens with zero attached hydrogens (tertiary/aromatic N) is 2. The molecule has 26 heavy (non-hydrogen) atoms. The number of hydrogen-bond donors (Lipinski definition) is 0. The molecule has 1 aromatic rings. The number of esters is 1. The molecule has 144 valence electrons. The quantitative estimate of drug-likeness (QED) is 0.364. The molecule has 0 spiro atoms. The van der Waals surface area contributed by atoms with Crippen molar-refractivity contribution in [2.75, 3.05) is 39.8 Å². The molecule has 1 aliphatic heterocycles. The van der Waals surface area contributed by atoms with Crippen molar-refractivity contribution < 1.29 is 14.3 Å². The maximum Gasteiger partial charge on any atom is 0.305 e. The van der Waals surface area contributed by atoms with Gasteiger partial charge < -0.3 is 9.64 Å². The van der Waals surface area contributed by atoms with Gasteiger partial charge in [-0.1, -0.05) is 30.7 Å². The van der Waals surface area contributed by atoms with E-state index in [4.69, 9.17) is 4.74 Å². The van der Waals surface area contributed by atoms with E-state index >= 15 is 0 Å². The first-order valence-electron chi connectivity index (χ1n) is 9.77. The summed E-state index contributed by atoms with van der Waals surface area (Å²) in [5.74, 6) is 0.0715. The van der Waals surface area contributed by atoms with Crippen LogP contribution in [0.3, 0.4) is 0 Å². The molecule has 1 aliphatic rings. The molecule has 0 aromatic heterocycles. The van der Waals surface area contributed by atoms with Gasteiger partial charge in [0.1, 0.15) is 0 Å². The Bertz CT molecular complexity index is 580. The van der Waals surface area contributed by atoms with E-state index in [1.165, 1.54) is 0 Å². The summed E-state index contributed by atoms with van der Waals surface area (Å²) in [4.78, 5) is 28.7. The Labute approximate surface area is 157 Å². The van der Waals surface area contributed by atoms with Crippen molar-refractivity contribution >= 4 is 11.8 Å². The largest absolute Gasteiger partial charge is 0.466 e. The van der Waals surface area contributed by atoms with Crippen LogP contribution in [0.5, 0.6) is 0 Å². The molecule has 0 amide bonds. The third-order valence-corrected chi connectivity index (χ3v) is 4.90. The molecule has 0 bridgehead atoms. The number of carbonyl (C=O) groups excluding carboxylic acids is 2. The standard InChI is InChI=1S/C21H32N2O3/c1-3-26-21(25)12-6-4-5-11-20(24)19-10-8-7-9-18(19)17-23-15-13-22(2)14-16-23/h7-10H,3-6,11-17H2,1-2H3. The third kappa shape index (κ3) is 6.89. The second-order valence-electron chi connectivity index (χ2n) is 7.03. The van der Waals surface area contributed by atoms with E-state index in [2.05, 4.69) is 22.9 Å². The predicted molar refractivity (Wildman–Crippen MR) is 103 cm³/mol. The van der Waals surface area contributed by atoms with Crippen molar-refractivity contribution in [1.82, 2.24) is 9.80 Å². The van der Waals surface area contributed by atoms with Gasteiger partial charge in [0.05, 0.1) is 6.61 Å². The zero-order valence-electron chi connectivity index (χ0n) is 16.2. The Hall–Kier alpha value is -1.72. The van der Waals surface area contributed by atoms with Crippen LogP contribution in [0.2, 0.25) is 0 Å². The Kier molecular flexibility index (Phi) is 8.78. The Balaban J connectivity index is 1.78. The third-order valence-electron chi connectivity index (χ3n) is 4.90. The van der Waals surface area contributed by atoms with Crippen LogP contribution >= 0.6 is 0 Å². The molecule has 0 saturated carbocycles. The number of unbranched alkanes of at least 4 members (excludes halogenated alkanes) is 2. The monoisotopic (exact) mass is 360 g/mol. The highest BCUT2D eigenvalue weighted by Crippen LogP contribution is 2.17. The predicted octanol–water partition coefficient (Wildman–Crippen LogP) is 3.13. The van der Waals surface area contributed by atoms with Gasteiger partial charge in [0.15, 0.2) is 5.78 Å². The number of ketones is 1. The minimum Gasteiger partial charge on any atom is -0.466 e. The molecule has 1 heterocycles. The van der Waals surface area contributed by atoms with E-state index in [1.807, 2.05) is 25.1 Å². The second-order valence-corrected chi connectivity index (χ2v) is 7.03. The van der Waals surface area contributed by atoms with Crippen LogP contribution < -0.4 is 0 Å². The van der Waals surface area contributed by atoms with Gasteiger partial charge in [-0.3, -0.25) is 14.5 Å². The van der Waals surface area contributed by atoms with Crippen molar-refractivity contribution in [1.29, 1.82) is 0 Å². The van der Waals surface area contributed by atoms with Crippen LogP contribution in [0.4, 0.5) is 0 Å². The fourth-order valence-corrected chi connectivity index (χ4v) is 3.28. The van der Waals surface area contributed by atoms with Crippen LogP contribution in [0.1, 0.15) is 54.9 Å². The summed E-state index contributed by atoms with van der Waals surface area (Å²) in [6, 6.07) is 7.99. The van der Waals surface area contributed by atoms with Gasteiger partial charge in [-0.15, -0.1) is 0 Å². The zero-order valence-corrected chi connectivity index (χ0v) is 16.2. The fraction of sp³-hybridized carbons (Fsp3) is 0.619. The molecule has 1 aromatic carbocycles. The first kappa shape index (κ1) is 20.6. The second kappa shape index (κ2) is 11.1. The molecular formula is C21H32N2O3. The molecule has 0 atom stereocenters. The number of ether oxygens (including phenoxy) is 1. The molecule has 2 rings (SSSR count).